The molecular formula is C13H18BrNO3. The summed E-state index contributed by atoms with van der Waals surface area (Å²) in [5.74, 6) is 0.497. The van der Waals surface area contributed by atoms with Gasteiger partial charge in [-0.25, -0.2) is 0 Å². The van der Waals surface area contributed by atoms with Gasteiger partial charge in [0, 0.05) is 24.7 Å². The molecule has 0 N–H and O–H groups in total. The molecule has 0 fully saturated rings. The van der Waals surface area contributed by atoms with E-state index in [-0.39, 0.29) is 5.91 Å². The van der Waals surface area contributed by atoms with Gasteiger partial charge in [-0.05, 0) is 25.1 Å². The van der Waals surface area contributed by atoms with Crippen LogP contribution in [0.25, 0.3) is 0 Å². The minimum absolute atomic E-state index is 0.0703. The molecule has 0 radical (unpaired) electrons. The highest BCUT2D eigenvalue weighted by molar-refractivity contribution is 9.10. The van der Waals surface area contributed by atoms with Crippen LogP contribution in [0.15, 0.2) is 22.7 Å². The second-order valence-electron chi connectivity index (χ2n) is 3.77. The number of rotatable bonds is 6. The van der Waals surface area contributed by atoms with E-state index < -0.39 is 0 Å². The third-order valence-electron chi connectivity index (χ3n) is 2.52. The molecule has 1 amide bonds. The molecule has 0 atom stereocenters. The predicted octanol–water partition coefficient (Wildman–Crippen LogP) is 2.57. The van der Waals surface area contributed by atoms with Gasteiger partial charge in [0.25, 0.3) is 5.91 Å². The van der Waals surface area contributed by atoms with Crippen LogP contribution in [-0.4, -0.2) is 44.7 Å². The number of benzene rings is 1. The molecule has 0 aromatic heterocycles. The molecule has 0 aliphatic carbocycles. The summed E-state index contributed by atoms with van der Waals surface area (Å²) < 4.78 is 11.3. The Bertz CT molecular complexity index is 409. The summed E-state index contributed by atoms with van der Waals surface area (Å²) in [6.07, 6.45) is 0. The third-order valence-corrected chi connectivity index (χ3v) is 3.01. The van der Waals surface area contributed by atoms with Gasteiger partial charge in [0.1, 0.15) is 5.75 Å². The number of nitrogens with zero attached hydrogens (tertiary/aromatic N) is 1. The molecule has 100 valence electrons. The van der Waals surface area contributed by atoms with Crippen LogP contribution in [0.2, 0.25) is 0 Å². The summed E-state index contributed by atoms with van der Waals surface area (Å²) in [5, 5.41) is 0. The van der Waals surface area contributed by atoms with Crippen molar-refractivity contribution in [3.8, 4) is 5.75 Å². The van der Waals surface area contributed by atoms with Gasteiger partial charge in [-0.15, -0.1) is 0 Å². The average molecular weight is 316 g/mol. The largest absolute Gasteiger partial charge is 0.496 e. The summed E-state index contributed by atoms with van der Waals surface area (Å²) in [5.41, 5.74) is 0.555. The number of methoxy groups -OCH3 is 1. The predicted molar refractivity (Wildman–Crippen MR) is 74.1 cm³/mol. The standard InChI is InChI=1S/C13H18BrNO3/c1-4-18-8-7-15(2)13(16)11-6-5-10(14)9-12(11)17-3/h5-6,9H,4,7-8H2,1-3H3. The zero-order chi connectivity index (χ0) is 13.5. The van der Waals surface area contributed by atoms with Crippen LogP contribution in [0.1, 0.15) is 17.3 Å². The number of carbonyl (C=O) groups excluding carboxylic acids is 1. The molecule has 0 aliphatic heterocycles. The highest BCUT2D eigenvalue weighted by Gasteiger charge is 2.16. The maximum Gasteiger partial charge on any atom is 0.257 e. The quantitative estimate of drug-likeness (QED) is 0.757. The number of halogens is 1. The molecule has 0 saturated carbocycles. The van der Waals surface area contributed by atoms with Crippen molar-refractivity contribution in [3.05, 3.63) is 28.2 Å². The van der Waals surface area contributed by atoms with Crippen molar-refractivity contribution < 1.29 is 14.3 Å². The van der Waals surface area contributed by atoms with Crippen LogP contribution in [0.4, 0.5) is 0 Å². The topological polar surface area (TPSA) is 38.8 Å². The first-order valence-corrected chi connectivity index (χ1v) is 6.56. The van der Waals surface area contributed by atoms with E-state index in [1.807, 2.05) is 13.0 Å². The molecule has 0 spiro atoms. The number of hydrogen-bond acceptors (Lipinski definition) is 3. The van der Waals surface area contributed by atoms with Gasteiger partial charge in [-0.1, -0.05) is 15.9 Å². The number of ether oxygens (including phenoxy) is 2. The molecule has 0 unspecified atom stereocenters. The lowest BCUT2D eigenvalue weighted by Crippen LogP contribution is -2.30. The summed E-state index contributed by atoms with van der Waals surface area (Å²) in [6.45, 7) is 3.69. The minimum atomic E-state index is -0.0703. The Morgan fingerprint density at radius 2 is 2.17 bits per heavy atom. The van der Waals surface area contributed by atoms with Crippen molar-refractivity contribution in [3.63, 3.8) is 0 Å². The first-order chi connectivity index (χ1) is 8.60. The fourth-order valence-electron chi connectivity index (χ4n) is 1.49. The molecule has 0 saturated heterocycles. The molecule has 1 rings (SSSR count). The molecule has 0 aliphatic rings. The maximum atomic E-state index is 12.2. The number of likely N-dealkylation sites (N-methyl/N-ethyl adjacent to an activating group) is 1. The van der Waals surface area contributed by atoms with E-state index in [0.29, 0.717) is 31.1 Å². The first kappa shape index (κ1) is 15.0. The maximum absolute atomic E-state index is 12.2. The average Bonchev–Trinajstić information content (AvgIpc) is 2.37. The van der Waals surface area contributed by atoms with Crippen LogP contribution < -0.4 is 4.74 Å². The van der Waals surface area contributed by atoms with Crippen LogP contribution in [0.3, 0.4) is 0 Å². The summed E-state index contributed by atoms with van der Waals surface area (Å²) >= 11 is 3.35. The fraction of sp³-hybridized carbons (Fsp3) is 0.462. The van der Waals surface area contributed by atoms with Crippen molar-refractivity contribution in [2.45, 2.75) is 6.92 Å². The zero-order valence-corrected chi connectivity index (χ0v) is 12.5. The number of carbonyl (C=O) groups is 1. The van der Waals surface area contributed by atoms with E-state index in [4.69, 9.17) is 9.47 Å². The van der Waals surface area contributed by atoms with Crippen molar-refractivity contribution in [1.29, 1.82) is 0 Å². The monoisotopic (exact) mass is 315 g/mol. The van der Waals surface area contributed by atoms with Crippen LogP contribution in [0, 0.1) is 0 Å². The lowest BCUT2D eigenvalue weighted by Gasteiger charge is -2.18. The lowest BCUT2D eigenvalue weighted by molar-refractivity contribution is 0.0707. The lowest BCUT2D eigenvalue weighted by atomic mass is 10.2. The Kier molecular flexibility index (Phi) is 6.15. The summed E-state index contributed by atoms with van der Waals surface area (Å²) in [4.78, 5) is 13.8. The van der Waals surface area contributed by atoms with Gasteiger partial charge in [-0.3, -0.25) is 4.79 Å². The van der Waals surface area contributed by atoms with Gasteiger partial charge in [0.05, 0.1) is 19.3 Å². The highest BCUT2D eigenvalue weighted by atomic mass is 79.9. The van der Waals surface area contributed by atoms with Gasteiger partial charge in [0.15, 0.2) is 0 Å². The fourth-order valence-corrected chi connectivity index (χ4v) is 1.83. The van der Waals surface area contributed by atoms with E-state index in [1.54, 1.807) is 31.2 Å². The minimum Gasteiger partial charge on any atom is -0.496 e. The second-order valence-corrected chi connectivity index (χ2v) is 4.68. The molecule has 0 heterocycles. The number of amides is 1. The number of hydrogen-bond donors (Lipinski definition) is 0. The molecular weight excluding hydrogens is 298 g/mol. The Morgan fingerprint density at radius 3 is 2.78 bits per heavy atom. The molecule has 0 bridgehead atoms. The SMILES string of the molecule is CCOCCN(C)C(=O)c1ccc(Br)cc1OC. The van der Waals surface area contributed by atoms with Gasteiger partial charge in [0.2, 0.25) is 0 Å². The van der Waals surface area contributed by atoms with E-state index in [2.05, 4.69) is 15.9 Å². The van der Waals surface area contributed by atoms with Crippen molar-refractivity contribution in [2.24, 2.45) is 0 Å². The molecule has 4 nitrogen and oxygen atoms in total. The van der Waals surface area contributed by atoms with Crippen molar-refractivity contribution in [1.82, 2.24) is 4.90 Å². The van der Waals surface area contributed by atoms with Crippen molar-refractivity contribution in [2.75, 3.05) is 33.9 Å². The molecule has 5 heteroatoms. The van der Waals surface area contributed by atoms with Crippen molar-refractivity contribution >= 4 is 21.8 Å². The van der Waals surface area contributed by atoms with Crippen LogP contribution >= 0.6 is 15.9 Å². The van der Waals surface area contributed by atoms with Crippen LogP contribution in [0.5, 0.6) is 5.75 Å². The molecule has 18 heavy (non-hydrogen) atoms. The first-order valence-electron chi connectivity index (χ1n) is 5.77. The normalized spacial score (nSPS) is 10.2. The third kappa shape index (κ3) is 3.99. The summed E-state index contributed by atoms with van der Waals surface area (Å²) in [7, 11) is 3.31. The zero-order valence-electron chi connectivity index (χ0n) is 10.9. The Labute approximate surface area is 116 Å². The molecule has 1 aromatic rings. The highest BCUT2D eigenvalue weighted by Crippen LogP contribution is 2.24. The Morgan fingerprint density at radius 1 is 1.44 bits per heavy atom. The van der Waals surface area contributed by atoms with Crippen LogP contribution in [-0.2, 0) is 4.74 Å². The second kappa shape index (κ2) is 7.38. The summed E-state index contributed by atoms with van der Waals surface area (Å²) in [6, 6.07) is 5.36. The van der Waals surface area contributed by atoms with Gasteiger partial charge >= 0.3 is 0 Å². The van der Waals surface area contributed by atoms with Gasteiger partial charge in [-0.2, -0.15) is 0 Å². The Hall–Kier alpha value is -1.07. The smallest absolute Gasteiger partial charge is 0.257 e. The van der Waals surface area contributed by atoms with E-state index in [0.717, 1.165) is 4.47 Å². The van der Waals surface area contributed by atoms with E-state index in [9.17, 15) is 4.79 Å². The van der Waals surface area contributed by atoms with Gasteiger partial charge < -0.3 is 14.4 Å². The Balaban J connectivity index is 2.76. The van der Waals surface area contributed by atoms with E-state index >= 15 is 0 Å². The van der Waals surface area contributed by atoms with E-state index in [1.165, 1.54) is 0 Å². The molecule has 1 aromatic carbocycles.